The molecule has 0 aliphatic heterocycles. The number of nitrogens with two attached hydrogens (primary N) is 1. The predicted molar refractivity (Wildman–Crippen MR) is 60.7 cm³/mol. The van der Waals surface area contributed by atoms with Crippen molar-refractivity contribution in [3.63, 3.8) is 0 Å². The highest BCUT2D eigenvalue weighted by Gasteiger charge is 2.23. The second kappa shape index (κ2) is 4.51. The summed E-state index contributed by atoms with van der Waals surface area (Å²) in [5.74, 6) is -1.53. The van der Waals surface area contributed by atoms with Crippen LogP contribution in [0.3, 0.4) is 0 Å². The lowest BCUT2D eigenvalue weighted by Crippen LogP contribution is -2.15. The summed E-state index contributed by atoms with van der Waals surface area (Å²) < 4.78 is 18.4. The molecular weight excluding hydrogens is 209 g/mol. The average Bonchev–Trinajstić information content (AvgIpc) is 2.24. The largest absolute Gasteiger partial charge is 0.469 e. The molecule has 0 heterocycles. The molecule has 0 bridgehead atoms. The first-order valence-electron chi connectivity index (χ1n) is 5.03. The van der Waals surface area contributed by atoms with Crippen LogP contribution in [-0.2, 0) is 9.53 Å². The van der Waals surface area contributed by atoms with Crippen LogP contribution in [0.2, 0.25) is 0 Å². The van der Waals surface area contributed by atoms with Crippen LogP contribution in [0.5, 0.6) is 0 Å². The monoisotopic (exact) mass is 225 g/mol. The third kappa shape index (κ3) is 2.01. The zero-order chi connectivity index (χ0) is 12.5. The molecule has 1 aromatic carbocycles. The molecule has 1 rings (SSSR count). The lowest BCUT2D eigenvalue weighted by atomic mass is 9.92. The van der Waals surface area contributed by atoms with Gasteiger partial charge < -0.3 is 10.5 Å². The van der Waals surface area contributed by atoms with Gasteiger partial charge in [0.25, 0.3) is 0 Å². The van der Waals surface area contributed by atoms with E-state index in [1.165, 1.54) is 13.2 Å². The molecule has 1 unspecified atom stereocenters. The van der Waals surface area contributed by atoms with Crippen LogP contribution in [0.25, 0.3) is 0 Å². The summed E-state index contributed by atoms with van der Waals surface area (Å²) in [5.41, 5.74) is 7.90. The van der Waals surface area contributed by atoms with Gasteiger partial charge in [0.2, 0.25) is 0 Å². The van der Waals surface area contributed by atoms with Gasteiger partial charge in [-0.1, -0.05) is 0 Å². The Labute approximate surface area is 94.4 Å². The Hall–Kier alpha value is -1.58. The second-order valence-electron chi connectivity index (χ2n) is 3.86. The summed E-state index contributed by atoms with van der Waals surface area (Å²) in [5, 5.41) is 0. The van der Waals surface area contributed by atoms with Crippen molar-refractivity contribution in [1.82, 2.24) is 0 Å². The number of benzene rings is 1. The smallest absolute Gasteiger partial charge is 0.312 e. The van der Waals surface area contributed by atoms with Crippen LogP contribution in [0.4, 0.5) is 10.1 Å². The SMILES string of the molecule is COC(=O)C(C)c1c(F)cc(N)c(C)c1C. The molecule has 0 amide bonds. The molecule has 1 aromatic rings. The third-order valence-corrected chi connectivity index (χ3v) is 2.93. The van der Waals surface area contributed by atoms with Crippen molar-refractivity contribution >= 4 is 11.7 Å². The summed E-state index contributed by atoms with van der Waals surface area (Å²) in [6.07, 6.45) is 0. The van der Waals surface area contributed by atoms with Crippen molar-refractivity contribution in [2.24, 2.45) is 0 Å². The molecule has 2 N–H and O–H groups in total. The summed E-state index contributed by atoms with van der Waals surface area (Å²) in [4.78, 5) is 11.4. The summed E-state index contributed by atoms with van der Waals surface area (Å²) >= 11 is 0. The molecule has 0 fully saturated rings. The molecular formula is C12H16FNO2. The van der Waals surface area contributed by atoms with Crippen molar-refractivity contribution in [3.8, 4) is 0 Å². The Kier molecular flexibility index (Phi) is 3.52. The highest BCUT2D eigenvalue weighted by molar-refractivity contribution is 5.78. The van der Waals surface area contributed by atoms with Crippen LogP contribution in [0, 0.1) is 19.7 Å². The van der Waals surface area contributed by atoms with Crippen LogP contribution >= 0.6 is 0 Å². The second-order valence-corrected chi connectivity index (χ2v) is 3.86. The van der Waals surface area contributed by atoms with Gasteiger partial charge in [0.15, 0.2) is 0 Å². The van der Waals surface area contributed by atoms with E-state index in [0.717, 1.165) is 5.56 Å². The van der Waals surface area contributed by atoms with Gasteiger partial charge in [-0.2, -0.15) is 0 Å². The number of hydrogen-bond acceptors (Lipinski definition) is 3. The van der Waals surface area contributed by atoms with Crippen LogP contribution in [0.1, 0.15) is 29.5 Å². The quantitative estimate of drug-likeness (QED) is 0.620. The van der Waals surface area contributed by atoms with Crippen molar-refractivity contribution in [3.05, 3.63) is 28.6 Å². The number of halogens is 1. The number of carbonyl (C=O) groups is 1. The molecule has 16 heavy (non-hydrogen) atoms. The van der Waals surface area contributed by atoms with Crippen molar-refractivity contribution in [2.75, 3.05) is 12.8 Å². The lowest BCUT2D eigenvalue weighted by Gasteiger charge is -2.16. The standard InChI is InChI=1S/C12H16FNO2/c1-6-7(2)11(8(3)12(15)16-4)9(13)5-10(6)14/h5,8H,14H2,1-4H3. The molecule has 0 radical (unpaired) electrons. The molecule has 3 nitrogen and oxygen atoms in total. The van der Waals surface area contributed by atoms with E-state index in [1.807, 2.05) is 0 Å². The van der Waals surface area contributed by atoms with Gasteiger partial charge in [0.05, 0.1) is 13.0 Å². The van der Waals surface area contributed by atoms with Crippen LogP contribution in [0.15, 0.2) is 6.07 Å². The summed E-state index contributed by atoms with van der Waals surface area (Å²) in [7, 11) is 1.29. The fraction of sp³-hybridized carbons (Fsp3) is 0.417. The Balaban J connectivity index is 3.34. The topological polar surface area (TPSA) is 52.3 Å². The molecule has 0 saturated carbocycles. The van der Waals surface area contributed by atoms with E-state index in [9.17, 15) is 9.18 Å². The van der Waals surface area contributed by atoms with E-state index >= 15 is 0 Å². The molecule has 0 spiro atoms. The summed E-state index contributed by atoms with van der Waals surface area (Å²) in [6, 6.07) is 1.25. The zero-order valence-corrected chi connectivity index (χ0v) is 9.93. The molecule has 4 heteroatoms. The Bertz CT molecular complexity index is 430. The minimum absolute atomic E-state index is 0.360. The highest BCUT2D eigenvalue weighted by atomic mass is 19.1. The van der Waals surface area contributed by atoms with Crippen LogP contribution < -0.4 is 5.73 Å². The van der Waals surface area contributed by atoms with Gasteiger partial charge in [-0.25, -0.2) is 4.39 Å². The maximum Gasteiger partial charge on any atom is 0.312 e. The molecule has 1 atom stereocenters. The van der Waals surface area contributed by atoms with Gasteiger partial charge in [-0.3, -0.25) is 4.79 Å². The maximum atomic E-state index is 13.8. The normalized spacial score (nSPS) is 12.3. The highest BCUT2D eigenvalue weighted by Crippen LogP contribution is 2.29. The minimum Gasteiger partial charge on any atom is -0.469 e. The fourth-order valence-corrected chi connectivity index (χ4v) is 1.75. The number of methoxy groups -OCH3 is 1. The van der Waals surface area contributed by atoms with Gasteiger partial charge in [0.1, 0.15) is 5.82 Å². The molecule has 0 aliphatic rings. The number of anilines is 1. The van der Waals surface area contributed by atoms with Crippen molar-refractivity contribution in [2.45, 2.75) is 26.7 Å². The minimum atomic E-state index is -0.621. The van der Waals surface area contributed by atoms with Gasteiger partial charge >= 0.3 is 5.97 Å². The van der Waals surface area contributed by atoms with E-state index in [1.54, 1.807) is 20.8 Å². The van der Waals surface area contributed by atoms with E-state index in [0.29, 0.717) is 16.8 Å². The Morgan fingerprint density at radius 3 is 2.50 bits per heavy atom. The third-order valence-electron chi connectivity index (χ3n) is 2.93. The zero-order valence-electron chi connectivity index (χ0n) is 9.93. The van der Waals surface area contributed by atoms with Crippen LogP contribution in [-0.4, -0.2) is 13.1 Å². The van der Waals surface area contributed by atoms with E-state index in [-0.39, 0.29) is 0 Å². The number of carbonyl (C=O) groups excluding carboxylic acids is 1. The van der Waals surface area contributed by atoms with E-state index in [4.69, 9.17) is 5.73 Å². The van der Waals surface area contributed by atoms with Gasteiger partial charge in [-0.05, 0) is 38.0 Å². The van der Waals surface area contributed by atoms with E-state index < -0.39 is 17.7 Å². The maximum absolute atomic E-state index is 13.8. The Morgan fingerprint density at radius 1 is 1.44 bits per heavy atom. The van der Waals surface area contributed by atoms with Gasteiger partial charge in [-0.15, -0.1) is 0 Å². The van der Waals surface area contributed by atoms with E-state index in [2.05, 4.69) is 4.74 Å². The number of rotatable bonds is 2. The first kappa shape index (κ1) is 12.5. The number of ether oxygens (including phenoxy) is 1. The Morgan fingerprint density at radius 2 is 2.00 bits per heavy atom. The van der Waals surface area contributed by atoms with Crippen molar-refractivity contribution < 1.29 is 13.9 Å². The molecule has 0 saturated heterocycles. The molecule has 88 valence electrons. The molecule has 0 aliphatic carbocycles. The van der Waals surface area contributed by atoms with Crippen molar-refractivity contribution in [1.29, 1.82) is 0 Å². The number of nitrogen functional groups attached to an aromatic ring is 1. The molecule has 0 aromatic heterocycles. The first-order chi connectivity index (χ1) is 7.40. The number of esters is 1. The predicted octanol–water partition coefficient (Wildman–Crippen LogP) is 2.30. The van der Waals surface area contributed by atoms with Gasteiger partial charge in [0, 0.05) is 11.3 Å². The summed E-state index contributed by atoms with van der Waals surface area (Å²) in [6.45, 7) is 5.17. The lowest BCUT2D eigenvalue weighted by molar-refractivity contribution is -0.142. The average molecular weight is 225 g/mol. The fourth-order valence-electron chi connectivity index (χ4n) is 1.75. The first-order valence-corrected chi connectivity index (χ1v) is 5.03. The number of hydrogen-bond donors (Lipinski definition) is 1.